The van der Waals surface area contributed by atoms with Gasteiger partial charge in [0.05, 0.1) is 7.11 Å². The van der Waals surface area contributed by atoms with Crippen LogP contribution in [0.2, 0.25) is 0 Å². The van der Waals surface area contributed by atoms with Gasteiger partial charge in [0.15, 0.2) is 0 Å². The van der Waals surface area contributed by atoms with Crippen molar-refractivity contribution >= 4 is 17.7 Å². The minimum absolute atomic E-state index is 0.0417. The Morgan fingerprint density at radius 3 is 2.78 bits per heavy atom. The number of hydrogen-bond donors (Lipinski definition) is 1. The lowest BCUT2D eigenvalue weighted by atomic mass is 10.3. The highest BCUT2D eigenvalue weighted by atomic mass is 16.5. The number of nitrogens with two attached hydrogens (primary N) is 1. The Morgan fingerprint density at radius 1 is 1.56 bits per heavy atom. The second-order valence-electron chi connectivity index (χ2n) is 3.83. The van der Waals surface area contributed by atoms with Gasteiger partial charge in [0.2, 0.25) is 5.91 Å². The largest absolute Gasteiger partial charge is 0.468 e. The van der Waals surface area contributed by atoms with Crippen LogP contribution in [-0.2, 0) is 20.9 Å². The van der Waals surface area contributed by atoms with Gasteiger partial charge in [-0.1, -0.05) is 6.92 Å². The maximum Gasteiger partial charge on any atom is 0.325 e. The number of ether oxygens (including phenoxy) is 1. The van der Waals surface area contributed by atoms with Crippen LogP contribution < -0.4 is 5.73 Å². The molecule has 0 radical (unpaired) electrons. The Morgan fingerprint density at radius 2 is 2.28 bits per heavy atom. The first-order valence-electron chi connectivity index (χ1n) is 5.70. The monoisotopic (exact) mass is 254 g/mol. The average Bonchev–Trinajstić information content (AvgIpc) is 2.73. The number of carbonyl (C=O) groups excluding carboxylic acids is 2. The Balaban J connectivity index is 2.61. The topological polar surface area (TPSA) is 90.5 Å². The third-order valence-electron chi connectivity index (χ3n) is 2.35. The molecule has 1 aromatic heterocycles. The molecule has 0 unspecified atom stereocenters. The fourth-order valence-corrected chi connectivity index (χ4v) is 1.49. The molecule has 1 heterocycles. The minimum atomic E-state index is -0.434. The van der Waals surface area contributed by atoms with Crippen LogP contribution in [0, 0.1) is 0 Å². The van der Waals surface area contributed by atoms with Gasteiger partial charge in [-0.25, -0.2) is 0 Å². The number of hydrogen-bond acceptors (Lipinski definition) is 5. The Kier molecular flexibility index (Phi) is 5.16. The molecule has 0 spiro atoms. The fraction of sp³-hybridized carbons (Fsp3) is 0.545. The van der Waals surface area contributed by atoms with Crippen molar-refractivity contribution in [2.45, 2.75) is 19.9 Å². The Hall–Kier alpha value is -2.05. The van der Waals surface area contributed by atoms with E-state index in [-0.39, 0.29) is 19.0 Å². The van der Waals surface area contributed by atoms with Crippen molar-refractivity contribution in [3.05, 3.63) is 12.3 Å². The van der Waals surface area contributed by atoms with Gasteiger partial charge in [0.25, 0.3) is 0 Å². The molecule has 1 rings (SSSR count). The molecular formula is C11H18N4O3. The van der Waals surface area contributed by atoms with E-state index in [1.165, 1.54) is 16.7 Å². The highest BCUT2D eigenvalue weighted by Crippen LogP contribution is 2.00. The number of esters is 1. The summed E-state index contributed by atoms with van der Waals surface area (Å²) in [4.78, 5) is 24.6. The summed E-state index contributed by atoms with van der Waals surface area (Å²) in [6.45, 7) is 2.46. The van der Waals surface area contributed by atoms with Gasteiger partial charge in [-0.05, 0) is 12.5 Å². The molecule has 0 bridgehead atoms. The number of amides is 1. The zero-order chi connectivity index (χ0) is 13.5. The average molecular weight is 254 g/mol. The van der Waals surface area contributed by atoms with Gasteiger partial charge in [-0.2, -0.15) is 5.10 Å². The van der Waals surface area contributed by atoms with E-state index in [0.717, 1.165) is 6.42 Å². The van der Waals surface area contributed by atoms with E-state index in [2.05, 4.69) is 9.84 Å². The smallest absolute Gasteiger partial charge is 0.325 e. The SMILES string of the molecule is CCCN(CC(=O)OC)C(=O)Cn1ccc(N)n1. The molecule has 7 heteroatoms. The standard InChI is InChI=1S/C11H18N4O3/c1-3-5-14(8-11(17)18-2)10(16)7-15-6-4-9(12)13-15/h4,6H,3,5,7-8H2,1-2H3,(H2,12,13). The third-order valence-corrected chi connectivity index (χ3v) is 2.35. The predicted molar refractivity (Wildman–Crippen MR) is 65.5 cm³/mol. The van der Waals surface area contributed by atoms with Crippen LogP contribution in [0.25, 0.3) is 0 Å². The Labute approximate surface area is 105 Å². The van der Waals surface area contributed by atoms with Gasteiger partial charge in [-0.15, -0.1) is 0 Å². The summed E-state index contributed by atoms with van der Waals surface area (Å²) in [5, 5.41) is 3.92. The number of anilines is 1. The molecule has 18 heavy (non-hydrogen) atoms. The maximum absolute atomic E-state index is 12.0. The molecule has 0 fully saturated rings. The molecule has 0 aliphatic carbocycles. The van der Waals surface area contributed by atoms with Crippen molar-refractivity contribution in [3.63, 3.8) is 0 Å². The molecule has 0 saturated heterocycles. The normalized spacial score (nSPS) is 10.1. The summed E-state index contributed by atoms with van der Waals surface area (Å²) >= 11 is 0. The molecule has 0 aliphatic rings. The predicted octanol–water partition coefficient (Wildman–Crippen LogP) is -0.123. The molecule has 1 aromatic rings. The highest BCUT2D eigenvalue weighted by Gasteiger charge is 2.17. The van der Waals surface area contributed by atoms with Crippen LogP contribution in [-0.4, -0.2) is 46.8 Å². The zero-order valence-electron chi connectivity index (χ0n) is 10.6. The number of nitrogen functional groups attached to an aromatic ring is 1. The minimum Gasteiger partial charge on any atom is -0.468 e. The van der Waals surface area contributed by atoms with Gasteiger partial charge >= 0.3 is 5.97 Å². The summed E-state index contributed by atoms with van der Waals surface area (Å²) in [5.74, 6) is -0.264. The number of carbonyl (C=O) groups is 2. The number of rotatable bonds is 6. The molecule has 0 atom stereocenters. The van der Waals surface area contributed by atoms with Crippen molar-refractivity contribution in [1.82, 2.24) is 14.7 Å². The van der Waals surface area contributed by atoms with Crippen LogP contribution in [0.3, 0.4) is 0 Å². The van der Waals surface area contributed by atoms with Crippen molar-refractivity contribution in [2.75, 3.05) is 25.9 Å². The number of nitrogens with zero attached hydrogens (tertiary/aromatic N) is 3. The lowest BCUT2D eigenvalue weighted by Crippen LogP contribution is -2.38. The molecule has 0 saturated carbocycles. The van der Waals surface area contributed by atoms with Crippen LogP contribution in [0.1, 0.15) is 13.3 Å². The van der Waals surface area contributed by atoms with Crippen molar-refractivity contribution < 1.29 is 14.3 Å². The van der Waals surface area contributed by atoms with E-state index >= 15 is 0 Å². The first-order valence-corrected chi connectivity index (χ1v) is 5.70. The Bertz CT molecular complexity index is 416. The molecule has 7 nitrogen and oxygen atoms in total. The first kappa shape index (κ1) is 14.0. The van der Waals surface area contributed by atoms with Crippen LogP contribution in [0.15, 0.2) is 12.3 Å². The summed E-state index contributed by atoms with van der Waals surface area (Å²) in [6.07, 6.45) is 2.39. The fourth-order valence-electron chi connectivity index (χ4n) is 1.49. The second-order valence-corrected chi connectivity index (χ2v) is 3.83. The number of methoxy groups -OCH3 is 1. The van der Waals surface area contributed by atoms with E-state index in [4.69, 9.17) is 5.73 Å². The summed E-state index contributed by atoms with van der Waals surface area (Å²) in [7, 11) is 1.30. The quantitative estimate of drug-likeness (QED) is 0.714. The lowest BCUT2D eigenvalue weighted by molar-refractivity contribution is -0.147. The van der Waals surface area contributed by atoms with Gasteiger partial charge < -0.3 is 15.4 Å². The first-order chi connectivity index (χ1) is 8.56. The maximum atomic E-state index is 12.0. The molecule has 1 amide bonds. The van der Waals surface area contributed by atoms with Gasteiger partial charge in [0.1, 0.15) is 18.9 Å². The van der Waals surface area contributed by atoms with Gasteiger partial charge in [-0.3, -0.25) is 14.3 Å². The van der Waals surface area contributed by atoms with Crippen molar-refractivity contribution in [1.29, 1.82) is 0 Å². The molecule has 0 aliphatic heterocycles. The van der Waals surface area contributed by atoms with Crippen LogP contribution in [0.5, 0.6) is 0 Å². The van der Waals surface area contributed by atoms with E-state index in [1.54, 1.807) is 12.3 Å². The van der Waals surface area contributed by atoms with E-state index in [9.17, 15) is 9.59 Å². The van der Waals surface area contributed by atoms with Crippen LogP contribution in [0.4, 0.5) is 5.82 Å². The summed E-state index contributed by atoms with van der Waals surface area (Å²) in [6, 6.07) is 1.61. The van der Waals surface area contributed by atoms with Crippen molar-refractivity contribution in [2.24, 2.45) is 0 Å². The molecular weight excluding hydrogens is 236 g/mol. The van der Waals surface area contributed by atoms with Crippen LogP contribution >= 0.6 is 0 Å². The van der Waals surface area contributed by atoms with E-state index in [1.807, 2.05) is 6.92 Å². The molecule has 2 N–H and O–H groups in total. The molecule has 100 valence electrons. The zero-order valence-corrected chi connectivity index (χ0v) is 10.6. The third kappa shape index (κ3) is 4.08. The van der Waals surface area contributed by atoms with E-state index < -0.39 is 5.97 Å². The molecule has 0 aromatic carbocycles. The number of aromatic nitrogens is 2. The van der Waals surface area contributed by atoms with Gasteiger partial charge in [0, 0.05) is 12.7 Å². The summed E-state index contributed by atoms with van der Waals surface area (Å²) in [5.41, 5.74) is 5.46. The second kappa shape index (κ2) is 6.63. The van der Waals surface area contributed by atoms with Crippen molar-refractivity contribution in [3.8, 4) is 0 Å². The highest BCUT2D eigenvalue weighted by molar-refractivity contribution is 5.81. The van der Waals surface area contributed by atoms with E-state index in [0.29, 0.717) is 12.4 Å². The lowest BCUT2D eigenvalue weighted by Gasteiger charge is -2.20. The summed E-state index contributed by atoms with van der Waals surface area (Å²) < 4.78 is 6.00.